The lowest BCUT2D eigenvalue weighted by molar-refractivity contribution is -0.120. The van der Waals surface area contributed by atoms with Crippen LogP contribution in [-0.2, 0) is 4.79 Å². The van der Waals surface area contributed by atoms with Crippen molar-refractivity contribution in [2.45, 2.75) is 31.7 Å². The molecular formula is C17H20N2O2. The summed E-state index contributed by atoms with van der Waals surface area (Å²) in [5.74, 6) is 2.22. The number of hydrogen-bond acceptors (Lipinski definition) is 4. The molecule has 1 aliphatic carbocycles. The van der Waals surface area contributed by atoms with Gasteiger partial charge in [0.05, 0.1) is 7.11 Å². The van der Waals surface area contributed by atoms with Crippen LogP contribution in [-0.4, -0.2) is 31.0 Å². The predicted octanol–water partition coefficient (Wildman–Crippen LogP) is 3.19. The molecule has 0 amide bonds. The van der Waals surface area contributed by atoms with Crippen LogP contribution in [0.5, 0.6) is 5.75 Å². The molecule has 4 heteroatoms. The molecule has 1 aliphatic rings. The number of ketones is 1. The summed E-state index contributed by atoms with van der Waals surface area (Å²) in [5.41, 5.74) is 0. The van der Waals surface area contributed by atoms with E-state index in [0.717, 1.165) is 35.2 Å². The van der Waals surface area contributed by atoms with Crippen molar-refractivity contribution in [1.29, 1.82) is 0 Å². The molecule has 1 fully saturated rings. The number of carbonyl (C=O) groups excluding carboxylic acids is 1. The van der Waals surface area contributed by atoms with E-state index in [1.807, 2.05) is 24.4 Å². The van der Waals surface area contributed by atoms with Crippen LogP contribution in [0.1, 0.15) is 25.7 Å². The summed E-state index contributed by atoms with van der Waals surface area (Å²) in [6.45, 7) is 0. The van der Waals surface area contributed by atoms with Gasteiger partial charge in [0.15, 0.2) is 0 Å². The van der Waals surface area contributed by atoms with E-state index in [1.165, 1.54) is 0 Å². The molecule has 0 N–H and O–H groups in total. The molecule has 3 rings (SSSR count). The molecule has 0 aliphatic heterocycles. The van der Waals surface area contributed by atoms with Crippen LogP contribution in [0.3, 0.4) is 0 Å². The monoisotopic (exact) mass is 284 g/mol. The first-order valence-corrected chi connectivity index (χ1v) is 7.36. The van der Waals surface area contributed by atoms with E-state index in [9.17, 15) is 4.79 Å². The first-order valence-electron chi connectivity index (χ1n) is 7.36. The maximum absolute atomic E-state index is 11.4. The number of Topliss-reactive ketones (excluding diaryl/α,β-unsaturated/α-hetero) is 1. The molecule has 21 heavy (non-hydrogen) atoms. The maximum atomic E-state index is 11.4. The Morgan fingerprint density at radius 3 is 2.71 bits per heavy atom. The minimum Gasteiger partial charge on any atom is -0.497 e. The zero-order valence-electron chi connectivity index (χ0n) is 12.5. The molecule has 0 spiro atoms. The highest BCUT2D eigenvalue weighted by atomic mass is 16.5. The number of fused-ring (bicyclic) bond motifs is 1. The van der Waals surface area contributed by atoms with Crippen molar-refractivity contribution in [2.24, 2.45) is 0 Å². The lowest BCUT2D eigenvalue weighted by Crippen LogP contribution is -2.35. The zero-order valence-corrected chi connectivity index (χ0v) is 12.5. The highest BCUT2D eigenvalue weighted by molar-refractivity contribution is 5.93. The zero-order chi connectivity index (χ0) is 14.8. The molecule has 4 nitrogen and oxygen atoms in total. The van der Waals surface area contributed by atoms with E-state index < -0.39 is 0 Å². The van der Waals surface area contributed by atoms with Crippen molar-refractivity contribution in [2.75, 3.05) is 19.1 Å². The number of anilines is 1. The first-order chi connectivity index (χ1) is 10.2. The van der Waals surface area contributed by atoms with E-state index in [0.29, 0.717) is 24.7 Å². The lowest BCUT2D eigenvalue weighted by atomic mass is 9.93. The number of pyridine rings is 1. The van der Waals surface area contributed by atoms with Crippen molar-refractivity contribution in [3.8, 4) is 5.75 Å². The molecule has 0 bridgehead atoms. The summed E-state index contributed by atoms with van der Waals surface area (Å²) in [4.78, 5) is 18.2. The SMILES string of the molecule is COc1ccc2c(N(C)C3CCC(=O)CC3)nccc2c1. The second-order valence-corrected chi connectivity index (χ2v) is 5.60. The van der Waals surface area contributed by atoms with Crippen LogP contribution >= 0.6 is 0 Å². The third-order valence-electron chi connectivity index (χ3n) is 4.35. The fraction of sp³-hybridized carbons (Fsp3) is 0.412. The van der Waals surface area contributed by atoms with Gasteiger partial charge in [-0.2, -0.15) is 0 Å². The normalized spacial score (nSPS) is 16.2. The van der Waals surface area contributed by atoms with E-state index in [4.69, 9.17) is 4.74 Å². The summed E-state index contributed by atoms with van der Waals surface area (Å²) in [6, 6.07) is 8.44. The van der Waals surface area contributed by atoms with Crippen LogP contribution in [0.25, 0.3) is 10.8 Å². The molecule has 0 atom stereocenters. The largest absolute Gasteiger partial charge is 0.497 e. The van der Waals surface area contributed by atoms with E-state index in [1.54, 1.807) is 7.11 Å². The number of aromatic nitrogens is 1. The quantitative estimate of drug-likeness (QED) is 0.868. The van der Waals surface area contributed by atoms with Crippen LogP contribution < -0.4 is 9.64 Å². The van der Waals surface area contributed by atoms with Gasteiger partial charge in [-0.25, -0.2) is 4.98 Å². The first kappa shape index (κ1) is 13.9. The van der Waals surface area contributed by atoms with Gasteiger partial charge < -0.3 is 9.64 Å². The van der Waals surface area contributed by atoms with Crippen molar-refractivity contribution in [1.82, 2.24) is 4.98 Å². The Morgan fingerprint density at radius 2 is 2.00 bits per heavy atom. The van der Waals surface area contributed by atoms with Gasteiger partial charge in [-0.05, 0) is 42.5 Å². The van der Waals surface area contributed by atoms with Gasteiger partial charge in [-0.15, -0.1) is 0 Å². The van der Waals surface area contributed by atoms with Crippen LogP contribution in [0.2, 0.25) is 0 Å². The molecule has 1 aromatic carbocycles. The Kier molecular flexibility index (Phi) is 3.78. The van der Waals surface area contributed by atoms with E-state index in [2.05, 4.69) is 23.0 Å². The van der Waals surface area contributed by atoms with Crippen LogP contribution in [0, 0.1) is 0 Å². The second kappa shape index (κ2) is 5.72. The Bertz CT molecular complexity index is 659. The van der Waals surface area contributed by atoms with Gasteiger partial charge in [-0.1, -0.05) is 0 Å². The average Bonchev–Trinajstić information content (AvgIpc) is 2.53. The summed E-state index contributed by atoms with van der Waals surface area (Å²) < 4.78 is 5.28. The summed E-state index contributed by atoms with van der Waals surface area (Å²) >= 11 is 0. The Balaban J connectivity index is 1.94. The molecule has 0 radical (unpaired) electrons. The van der Waals surface area contributed by atoms with Crippen molar-refractivity contribution >= 4 is 22.4 Å². The van der Waals surface area contributed by atoms with Gasteiger partial charge in [0.1, 0.15) is 17.4 Å². The van der Waals surface area contributed by atoms with Crippen LogP contribution in [0.15, 0.2) is 30.5 Å². The lowest BCUT2D eigenvalue weighted by Gasteiger charge is -2.32. The van der Waals surface area contributed by atoms with Crippen molar-refractivity contribution in [3.05, 3.63) is 30.5 Å². The average molecular weight is 284 g/mol. The maximum Gasteiger partial charge on any atom is 0.136 e. The third-order valence-corrected chi connectivity index (χ3v) is 4.35. The van der Waals surface area contributed by atoms with Crippen molar-refractivity contribution in [3.63, 3.8) is 0 Å². The minimum absolute atomic E-state index is 0.385. The standard InChI is InChI=1S/C17H20N2O2/c1-19(13-3-5-14(20)6-4-13)17-16-8-7-15(21-2)11-12(16)9-10-18-17/h7-11,13H,3-6H2,1-2H3. The fourth-order valence-corrected chi connectivity index (χ4v) is 3.03. The number of ether oxygens (including phenoxy) is 1. The number of rotatable bonds is 3. The molecule has 1 heterocycles. The molecule has 110 valence electrons. The summed E-state index contributed by atoms with van der Waals surface area (Å²) in [6.07, 6.45) is 5.05. The summed E-state index contributed by atoms with van der Waals surface area (Å²) in [7, 11) is 3.75. The molecule has 1 aromatic heterocycles. The molecular weight excluding hydrogens is 264 g/mol. The summed E-state index contributed by atoms with van der Waals surface area (Å²) in [5, 5.41) is 2.25. The number of methoxy groups -OCH3 is 1. The van der Waals surface area contributed by atoms with Crippen LogP contribution in [0.4, 0.5) is 5.82 Å². The van der Waals surface area contributed by atoms with Gasteiger partial charge >= 0.3 is 0 Å². The number of benzene rings is 1. The molecule has 1 saturated carbocycles. The van der Waals surface area contributed by atoms with Gasteiger partial charge in [0, 0.05) is 37.5 Å². The fourth-order valence-electron chi connectivity index (χ4n) is 3.03. The van der Waals surface area contributed by atoms with Gasteiger partial charge in [0.2, 0.25) is 0 Å². The highest BCUT2D eigenvalue weighted by Crippen LogP contribution is 2.30. The Morgan fingerprint density at radius 1 is 1.24 bits per heavy atom. The highest BCUT2D eigenvalue weighted by Gasteiger charge is 2.23. The number of nitrogens with zero attached hydrogens (tertiary/aromatic N) is 2. The topological polar surface area (TPSA) is 42.4 Å². The van der Waals surface area contributed by atoms with E-state index >= 15 is 0 Å². The molecule has 0 saturated heterocycles. The predicted molar refractivity (Wildman–Crippen MR) is 84.0 cm³/mol. The number of hydrogen-bond donors (Lipinski definition) is 0. The van der Waals surface area contributed by atoms with Crippen molar-refractivity contribution < 1.29 is 9.53 Å². The van der Waals surface area contributed by atoms with Gasteiger partial charge in [0.25, 0.3) is 0 Å². The Labute approximate surface area is 124 Å². The number of carbonyl (C=O) groups is 1. The second-order valence-electron chi connectivity index (χ2n) is 5.60. The van der Waals surface area contributed by atoms with E-state index in [-0.39, 0.29) is 0 Å². The Hall–Kier alpha value is -2.10. The molecule has 2 aromatic rings. The van der Waals surface area contributed by atoms with Gasteiger partial charge in [-0.3, -0.25) is 4.79 Å². The minimum atomic E-state index is 0.385. The smallest absolute Gasteiger partial charge is 0.136 e. The molecule has 0 unspecified atom stereocenters. The third kappa shape index (κ3) is 2.71.